The topological polar surface area (TPSA) is 70.5 Å². The van der Waals surface area contributed by atoms with Crippen LogP contribution in [0.5, 0.6) is 0 Å². The van der Waals surface area contributed by atoms with Gasteiger partial charge in [0.15, 0.2) is 5.82 Å². The van der Waals surface area contributed by atoms with Gasteiger partial charge in [-0.15, -0.1) is 0 Å². The highest BCUT2D eigenvalue weighted by atomic mass is 19.1. The fourth-order valence-corrected chi connectivity index (χ4v) is 3.02. The molecule has 0 aliphatic carbocycles. The summed E-state index contributed by atoms with van der Waals surface area (Å²) in [4.78, 5) is 10.8. The maximum absolute atomic E-state index is 13.3. The molecule has 6 nitrogen and oxygen atoms in total. The first kappa shape index (κ1) is 17.7. The lowest BCUT2D eigenvalue weighted by molar-refractivity contribution is 0.0187. The van der Waals surface area contributed by atoms with Crippen molar-refractivity contribution in [1.82, 2.24) is 14.9 Å². The summed E-state index contributed by atoms with van der Waals surface area (Å²) in [6.07, 6.45) is 0. The fourth-order valence-electron chi connectivity index (χ4n) is 3.02. The van der Waals surface area contributed by atoms with Gasteiger partial charge in [-0.05, 0) is 24.6 Å². The third-order valence-corrected chi connectivity index (χ3v) is 4.26. The SMILES string of the molecule is Cc1cc(NCC(c2ccc(F)cc2)N2CCOCC2)nc(CO)n1. The number of hydrogen-bond acceptors (Lipinski definition) is 6. The molecule has 1 aromatic heterocycles. The summed E-state index contributed by atoms with van der Waals surface area (Å²) in [6, 6.07) is 8.55. The molecule has 2 N–H and O–H groups in total. The zero-order chi connectivity index (χ0) is 17.6. The number of anilines is 1. The normalized spacial score (nSPS) is 16.6. The maximum Gasteiger partial charge on any atom is 0.156 e. The summed E-state index contributed by atoms with van der Waals surface area (Å²) in [6.45, 7) is 5.33. The lowest BCUT2D eigenvalue weighted by atomic mass is 10.0. The van der Waals surface area contributed by atoms with Gasteiger partial charge >= 0.3 is 0 Å². The zero-order valence-corrected chi connectivity index (χ0v) is 14.3. The summed E-state index contributed by atoms with van der Waals surface area (Å²) in [7, 11) is 0. The molecule has 1 atom stereocenters. The van der Waals surface area contributed by atoms with E-state index in [1.54, 1.807) is 0 Å². The highest BCUT2D eigenvalue weighted by molar-refractivity contribution is 5.37. The Labute approximate surface area is 146 Å². The Kier molecular flexibility index (Phi) is 5.91. The van der Waals surface area contributed by atoms with E-state index in [9.17, 15) is 9.50 Å². The lowest BCUT2D eigenvalue weighted by Gasteiger charge is -2.35. The third kappa shape index (κ3) is 4.72. The van der Waals surface area contributed by atoms with E-state index in [0.717, 1.165) is 24.3 Å². The van der Waals surface area contributed by atoms with Gasteiger partial charge in [0.2, 0.25) is 0 Å². The first-order chi connectivity index (χ1) is 12.2. The molecule has 0 amide bonds. The molecule has 0 saturated carbocycles. The van der Waals surface area contributed by atoms with Crippen LogP contribution in [0.15, 0.2) is 30.3 Å². The molecule has 0 spiro atoms. The molecule has 3 rings (SSSR count). The van der Waals surface area contributed by atoms with Crippen LogP contribution in [-0.2, 0) is 11.3 Å². The van der Waals surface area contributed by atoms with E-state index >= 15 is 0 Å². The van der Waals surface area contributed by atoms with E-state index in [2.05, 4.69) is 20.2 Å². The number of aromatic nitrogens is 2. The van der Waals surface area contributed by atoms with Crippen LogP contribution in [0.1, 0.15) is 23.1 Å². The number of aliphatic hydroxyl groups excluding tert-OH is 1. The Bertz CT molecular complexity index is 690. The Hall–Kier alpha value is -2.09. The summed E-state index contributed by atoms with van der Waals surface area (Å²) >= 11 is 0. The van der Waals surface area contributed by atoms with Crippen molar-refractivity contribution in [2.45, 2.75) is 19.6 Å². The van der Waals surface area contributed by atoms with Crippen molar-refractivity contribution in [3.05, 3.63) is 53.2 Å². The second-order valence-corrected chi connectivity index (χ2v) is 6.07. The van der Waals surface area contributed by atoms with Crippen molar-refractivity contribution >= 4 is 5.82 Å². The van der Waals surface area contributed by atoms with Crippen LogP contribution in [0.4, 0.5) is 10.2 Å². The Morgan fingerprint density at radius 2 is 1.96 bits per heavy atom. The van der Waals surface area contributed by atoms with Gasteiger partial charge in [0.05, 0.1) is 19.3 Å². The molecule has 2 aromatic rings. The fraction of sp³-hybridized carbons (Fsp3) is 0.444. The van der Waals surface area contributed by atoms with Crippen LogP contribution >= 0.6 is 0 Å². The van der Waals surface area contributed by atoms with Gasteiger partial charge in [0.25, 0.3) is 0 Å². The quantitative estimate of drug-likeness (QED) is 0.833. The number of hydrogen-bond donors (Lipinski definition) is 2. The molecule has 2 heterocycles. The first-order valence-electron chi connectivity index (χ1n) is 8.42. The van der Waals surface area contributed by atoms with Crippen molar-refractivity contribution in [1.29, 1.82) is 0 Å². The minimum absolute atomic E-state index is 0.0809. The largest absolute Gasteiger partial charge is 0.388 e. The second-order valence-electron chi connectivity index (χ2n) is 6.07. The summed E-state index contributed by atoms with van der Waals surface area (Å²) in [5, 5.41) is 12.6. The molecule has 1 aliphatic heterocycles. The van der Waals surface area contributed by atoms with Crippen molar-refractivity contribution in [2.75, 3.05) is 38.2 Å². The van der Waals surface area contributed by atoms with Crippen molar-refractivity contribution < 1.29 is 14.2 Å². The van der Waals surface area contributed by atoms with E-state index in [-0.39, 0.29) is 18.5 Å². The van der Waals surface area contributed by atoms with Crippen LogP contribution in [-0.4, -0.2) is 52.8 Å². The molecule has 0 radical (unpaired) electrons. The average Bonchev–Trinajstić information content (AvgIpc) is 2.64. The van der Waals surface area contributed by atoms with Crippen LogP contribution in [0.3, 0.4) is 0 Å². The average molecular weight is 346 g/mol. The van der Waals surface area contributed by atoms with E-state index in [1.165, 1.54) is 12.1 Å². The standard InChI is InChI=1S/C18H23FN4O2/c1-13-10-17(22-18(12-24)21-13)20-11-16(23-6-8-25-9-7-23)14-2-4-15(19)5-3-14/h2-5,10,16,24H,6-9,11-12H2,1H3,(H,20,21,22). The zero-order valence-electron chi connectivity index (χ0n) is 14.3. The summed E-state index contributed by atoms with van der Waals surface area (Å²) < 4.78 is 18.7. The first-order valence-corrected chi connectivity index (χ1v) is 8.42. The smallest absolute Gasteiger partial charge is 0.156 e. The van der Waals surface area contributed by atoms with Crippen molar-refractivity contribution in [3.8, 4) is 0 Å². The number of rotatable bonds is 6. The predicted molar refractivity (Wildman–Crippen MR) is 92.7 cm³/mol. The van der Waals surface area contributed by atoms with Crippen molar-refractivity contribution in [3.63, 3.8) is 0 Å². The summed E-state index contributed by atoms with van der Waals surface area (Å²) in [5.41, 5.74) is 1.84. The van der Waals surface area contributed by atoms with E-state index < -0.39 is 0 Å². The number of nitrogens with one attached hydrogen (secondary N) is 1. The molecule has 1 aromatic carbocycles. The predicted octanol–water partition coefficient (Wildman–Crippen LogP) is 1.90. The minimum atomic E-state index is -0.239. The number of benzene rings is 1. The molecule has 25 heavy (non-hydrogen) atoms. The van der Waals surface area contributed by atoms with E-state index in [4.69, 9.17) is 4.74 Å². The number of ether oxygens (including phenoxy) is 1. The number of aryl methyl sites for hydroxylation is 1. The molecular weight excluding hydrogens is 323 g/mol. The monoisotopic (exact) mass is 346 g/mol. The van der Waals surface area contributed by atoms with Gasteiger partial charge in [-0.25, -0.2) is 14.4 Å². The van der Waals surface area contributed by atoms with Crippen LogP contribution < -0.4 is 5.32 Å². The number of morpholine rings is 1. The Morgan fingerprint density at radius 3 is 2.64 bits per heavy atom. The third-order valence-electron chi connectivity index (χ3n) is 4.26. The molecule has 1 saturated heterocycles. The molecule has 1 unspecified atom stereocenters. The Morgan fingerprint density at radius 1 is 1.24 bits per heavy atom. The number of nitrogens with zero attached hydrogens (tertiary/aromatic N) is 3. The molecular formula is C18H23FN4O2. The van der Waals surface area contributed by atoms with Crippen LogP contribution in [0.2, 0.25) is 0 Å². The van der Waals surface area contributed by atoms with E-state index in [0.29, 0.717) is 31.4 Å². The second kappa shape index (κ2) is 8.33. The molecule has 1 fully saturated rings. The highest BCUT2D eigenvalue weighted by Crippen LogP contribution is 2.23. The molecule has 7 heteroatoms. The van der Waals surface area contributed by atoms with Gasteiger partial charge in [0, 0.05) is 31.4 Å². The molecule has 0 bridgehead atoms. The number of aliphatic hydroxyl groups is 1. The van der Waals surface area contributed by atoms with Gasteiger partial charge in [0.1, 0.15) is 18.2 Å². The van der Waals surface area contributed by atoms with Gasteiger partial charge in [-0.1, -0.05) is 12.1 Å². The minimum Gasteiger partial charge on any atom is -0.388 e. The summed E-state index contributed by atoms with van der Waals surface area (Å²) in [5.74, 6) is 0.834. The highest BCUT2D eigenvalue weighted by Gasteiger charge is 2.22. The van der Waals surface area contributed by atoms with E-state index in [1.807, 2.05) is 25.1 Å². The van der Waals surface area contributed by atoms with Crippen LogP contribution in [0.25, 0.3) is 0 Å². The van der Waals surface area contributed by atoms with Crippen molar-refractivity contribution in [2.24, 2.45) is 0 Å². The van der Waals surface area contributed by atoms with Gasteiger partial charge < -0.3 is 15.2 Å². The van der Waals surface area contributed by atoms with Gasteiger partial charge in [-0.3, -0.25) is 4.90 Å². The van der Waals surface area contributed by atoms with Crippen LogP contribution in [0, 0.1) is 12.7 Å². The molecule has 134 valence electrons. The number of halogens is 1. The molecule has 1 aliphatic rings. The van der Waals surface area contributed by atoms with Gasteiger partial charge in [-0.2, -0.15) is 0 Å². The maximum atomic E-state index is 13.3. The Balaban J connectivity index is 1.77. The lowest BCUT2D eigenvalue weighted by Crippen LogP contribution is -2.41.